The van der Waals surface area contributed by atoms with E-state index in [1.54, 1.807) is 25.1 Å². The second-order valence-electron chi connectivity index (χ2n) is 9.22. The average Bonchev–Trinajstić information content (AvgIpc) is 3.24. The van der Waals surface area contributed by atoms with Crippen molar-refractivity contribution in [3.63, 3.8) is 0 Å². The molecule has 0 aliphatic carbocycles. The third-order valence-corrected chi connectivity index (χ3v) is 7.09. The second-order valence-corrected chi connectivity index (χ2v) is 10.2. The summed E-state index contributed by atoms with van der Waals surface area (Å²) in [5.74, 6) is -0.253. The zero-order valence-electron chi connectivity index (χ0n) is 21.8. The number of aromatic nitrogens is 1. The van der Waals surface area contributed by atoms with Crippen LogP contribution in [0.15, 0.2) is 94.2 Å². The molecule has 6 nitrogen and oxygen atoms in total. The van der Waals surface area contributed by atoms with Crippen LogP contribution >= 0.6 is 11.3 Å². The molecule has 2 heterocycles. The van der Waals surface area contributed by atoms with Crippen LogP contribution in [0.3, 0.4) is 0 Å². The van der Waals surface area contributed by atoms with Gasteiger partial charge in [-0.05, 0) is 62.2 Å². The lowest BCUT2D eigenvalue weighted by Crippen LogP contribution is -2.40. The standard InChI is InChI=1S/C31H27FN2O4S/c1-4-37-30(36)26-27(21-8-6-5-7-9-21)33-31-34(28(26)22-12-14-23(32)15-13-22)29(35)25(39-31)18-20-10-16-24(17-11-20)38-19(2)3/h5-19,28H,4H2,1-3H3/b25-18-/t28-/m1/s1. The van der Waals surface area contributed by atoms with Gasteiger partial charge in [0.1, 0.15) is 11.6 Å². The Balaban J connectivity index is 1.74. The molecule has 1 aliphatic rings. The molecule has 8 heteroatoms. The molecular weight excluding hydrogens is 515 g/mol. The lowest BCUT2D eigenvalue weighted by atomic mass is 9.93. The Labute approximate surface area is 229 Å². The monoisotopic (exact) mass is 542 g/mol. The minimum Gasteiger partial charge on any atom is -0.491 e. The molecule has 198 valence electrons. The summed E-state index contributed by atoms with van der Waals surface area (Å²) in [5.41, 5.74) is 2.46. The molecule has 39 heavy (non-hydrogen) atoms. The predicted molar refractivity (Wildman–Crippen MR) is 150 cm³/mol. The molecule has 1 atom stereocenters. The number of hydrogen-bond donors (Lipinski definition) is 0. The van der Waals surface area contributed by atoms with E-state index in [-0.39, 0.29) is 23.8 Å². The Kier molecular flexibility index (Phi) is 7.56. The maximum atomic E-state index is 13.9. The third-order valence-electron chi connectivity index (χ3n) is 6.11. The smallest absolute Gasteiger partial charge is 0.338 e. The van der Waals surface area contributed by atoms with E-state index in [2.05, 4.69) is 0 Å². The van der Waals surface area contributed by atoms with Crippen LogP contribution in [0, 0.1) is 5.82 Å². The molecule has 1 aromatic heterocycles. The fraction of sp³-hybridized carbons (Fsp3) is 0.194. The van der Waals surface area contributed by atoms with Crippen molar-refractivity contribution >= 4 is 29.1 Å². The Bertz CT molecular complexity index is 1700. The fourth-order valence-electron chi connectivity index (χ4n) is 4.47. The lowest BCUT2D eigenvalue weighted by molar-refractivity contribution is -0.138. The maximum Gasteiger partial charge on any atom is 0.338 e. The van der Waals surface area contributed by atoms with E-state index in [0.717, 1.165) is 11.3 Å². The van der Waals surface area contributed by atoms with Crippen LogP contribution in [0.1, 0.15) is 43.5 Å². The molecule has 0 saturated carbocycles. The number of fused-ring (bicyclic) bond motifs is 1. The number of hydrogen-bond acceptors (Lipinski definition) is 6. The van der Waals surface area contributed by atoms with Crippen LogP contribution in [0.5, 0.6) is 5.75 Å². The molecule has 0 bridgehead atoms. The summed E-state index contributed by atoms with van der Waals surface area (Å²) in [6.07, 6.45) is 1.85. The van der Waals surface area contributed by atoms with E-state index in [1.807, 2.05) is 68.4 Å². The summed E-state index contributed by atoms with van der Waals surface area (Å²) in [5, 5.41) is 0. The van der Waals surface area contributed by atoms with E-state index < -0.39 is 17.8 Å². The molecule has 0 radical (unpaired) electrons. The minimum absolute atomic E-state index is 0.0541. The Morgan fingerprint density at radius 2 is 1.74 bits per heavy atom. The summed E-state index contributed by atoms with van der Waals surface area (Å²) >= 11 is 1.24. The van der Waals surface area contributed by atoms with E-state index in [0.29, 0.717) is 26.2 Å². The number of rotatable bonds is 7. The summed E-state index contributed by atoms with van der Waals surface area (Å²) in [4.78, 5) is 32.5. The van der Waals surface area contributed by atoms with Crippen molar-refractivity contribution < 1.29 is 18.7 Å². The number of nitrogens with zero attached hydrogens (tertiary/aromatic N) is 2. The molecule has 0 unspecified atom stereocenters. The van der Waals surface area contributed by atoms with Crippen LogP contribution in [0.4, 0.5) is 4.39 Å². The van der Waals surface area contributed by atoms with Gasteiger partial charge in [-0.1, -0.05) is 65.9 Å². The van der Waals surface area contributed by atoms with Gasteiger partial charge >= 0.3 is 5.97 Å². The van der Waals surface area contributed by atoms with E-state index in [4.69, 9.17) is 14.5 Å². The van der Waals surface area contributed by atoms with Gasteiger partial charge in [-0.15, -0.1) is 0 Å². The van der Waals surface area contributed by atoms with Crippen LogP contribution in [0.25, 0.3) is 11.8 Å². The molecule has 0 spiro atoms. The topological polar surface area (TPSA) is 69.9 Å². The van der Waals surface area contributed by atoms with Crippen LogP contribution in [-0.4, -0.2) is 23.2 Å². The lowest BCUT2D eigenvalue weighted by Gasteiger charge is -2.25. The molecular formula is C31H27FN2O4S. The summed E-state index contributed by atoms with van der Waals surface area (Å²) in [7, 11) is 0. The average molecular weight is 543 g/mol. The van der Waals surface area contributed by atoms with E-state index in [1.165, 1.54) is 28.0 Å². The van der Waals surface area contributed by atoms with Crippen molar-refractivity contribution in [1.82, 2.24) is 4.57 Å². The number of benzene rings is 3. The van der Waals surface area contributed by atoms with Gasteiger partial charge in [0.2, 0.25) is 0 Å². The number of carbonyl (C=O) groups is 1. The number of thiazole rings is 1. The number of carbonyl (C=O) groups excluding carboxylic acids is 1. The first kappa shape index (κ1) is 26.3. The van der Waals surface area contributed by atoms with Gasteiger partial charge in [0.25, 0.3) is 5.56 Å². The third kappa shape index (κ3) is 5.47. The van der Waals surface area contributed by atoms with E-state index in [9.17, 15) is 14.0 Å². The first-order valence-corrected chi connectivity index (χ1v) is 13.5. The van der Waals surface area contributed by atoms with Crippen molar-refractivity contribution in [3.05, 3.63) is 127 Å². The highest BCUT2D eigenvalue weighted by Gasteiger charge is 2.35. The Hall–Kier alpha value is -4.30. The molecule has 1 aliphatic heterocycles. The molecule has 0 amide bonds. The van der Waals surface area contributed by atoms with Crippen molar-refractivity contribution in [3.8, 4) is 5.75 Å². The van der Waals surface area contributed by atoms with Gasteiger partial charge < -0.3 is 9.47 Å². The van der Waals surface area contributed by atoms with Crippen LogP contribution in [0.2, 0.25) is 0 Å². The number of ether oxygens (including phenoxy) is 2. The van der Waals surface area contributed by atoms with Crippen LogP contribution < -0.4 is 19.6 Å². The van der Waals surface area contributed by atoms with E-state index >= 15 is 0 Å². The zero-order chi connectivity index (χ0) is 27.5. The van der Waals surface area contributed by atoms with Gasteiger partial charge in [-0.3, -0.25) is 9.36 Å². The van der Waals surface area contributed by atoms with Crippen molar-refractivity contribution in [2.24, 2.45) is 4.99 Å². The molecule has 3 aromatic carbocycles. The molecule has 0 fully saturated rings. The van der Waals surface area contributed by atoms with Gasteiger partial charge in [-0.25, -0.2) is 14.2 Å². The largest absolute Gasteiger partial charge is 0.491 e. The highest BCUT2D eigenvalue weighted by molar-refractivity contribution is 7.07. The van der Waals surface area contributed by atoms with Crippen LogP contribution in [-0.2, 0) is 9.53 Å². The summed E-state index contributed by atoms with van der Waals surface area (Å²) in [6.45, 7) is 5.79. The molecule has 0 saturated heterocycles. The molecule has 5 rings (SSSR count). The van der Waals surface area contributed by atoms with Crippen molar-refractivity contribution in [2.45, 2.75) is 32.9 Å². The molecule has 0 N–H and O–H groups in total. The quantitative estimate of drug-likeness (QED) is 0.313. The highest BCUT2D eigenvalue weighted by Crippen LogP contribution is 2.35. The zero-order valence-corrected chi connectivity index (χ0v) is 22.6. The first-order valence-electron chi connectivity index (χ1n) is 12.7. The highest BCUT2D eigenvalue weighted by atomic mass is 32.1. The maximum absolute atomic E-state index is 13.9. The Morgan fingerprint density at radius 3 is 2.38 bits per heavy atom. The summed E-state index contributed by atoms with van der Waals surface area (Å²) in [6, 6.07) is 21.7. The number of halogens is 1. The Morgan fingerprint density at radius 1 is 1.05 bits per heavy atom. The van der Waals surface area contributed by atoms with Gasteiger partial charge in [0.15, 0.2) is 4.80 Å². The van der Waals surface area contributed by atoms with Crippen molar-refractivity contribution in [1.29, 1.82) is 0 Å². The van der Waals surface area contributed by atoms with Gasteiger partial charge in [0, 0.05) is 5.56 Å². The predicted octanol–water partition coefficient (Wildman–Crippen LogP) is 4.86. The minimum atomic E-state index is -0.847. The number of esters is 1. The first-order chi connectivity index (χ1) is 18.9. The van der Waals surface area contributed by atoms with Crippen molar-refractivity contribution in [2.75, 3.05) is 6.61 Å². The van der Waals surface area contributed by atoms with Gasteiger partial charge in [-0.2, -0.15) is 0 Å². The fourth-order valence-corrected chi connectivity index (χ4v) is 5.47. The SMILES string of the molecule is CCOC(=O)C1=C(c2ccccc2)N=c2s/c(=C\c3ccc(OC(C)C)cc3)c(=O)n2[C@@H]1c1ccc(F)cc1. The molecule has 4 aromatic rings. The second kappa shape index (κ2) is 11.2. The summed E-state index contributed by atoms with van der Waals surface area (Å²) < 4.78 is 27.0. The van der Waals surface area contributed by atoms with Gasteiger partial charge in [0.05, 0.1) is 34.6 Å². The normalized spacial score (nSPS) is 15.2.